The zero-order chi connectivity index (χ0) is 14.8. The van der Waals surface area contributed by atoms with Crippen LogP contribution in [0.5, 0.6) is 0 Å². The molecule has 0 aliphatic carbocycles. The molecule has 1 heterocycles. The number of thiophene rings is 1. The molecule has 0 unspecified atom stereocenters. The van der Waals surface area contributed by atoms with Gasteiger partial charge in [0.15, 0.2) is 0 Å². The van der Waals surface area contributed by atoms with Crippen LogP contribution in [0.4, 0.5) is 14.5 Å². The number of benzene rings is 1. The van der Waals surface area contributed by atoms with Crippen molar-refractivity contribution in [3.63, 3.8) is 0 Å². The SMILES string of the molecule is O=S(=O)(Nc1ccccc1SC(F)F)c1ccc(Br)s1. The Bertz CT molecular complexity index is 703. The van der Waals surface area contributed by atoms with Crippen molar-refractivity contribution < 1.29 is 17.2 Å². The molecule has 20 heavy (non-hydrogen) atoms. The molecule has 1 N–H and O–H groups in total. The number of thioether (sulfide) groups is 1. The zero-order valence-corrected chi connectivity index (χ0v) is 13.8. The smallest absolute Gasteiger partial charge is 0.278 e. The fraction of sp³-hybridized carbons (Fsp3) is 0.0909. The van der Waals surface area contributed by atoms with Crippen LogP contribution in [0, 0.1) is 0 Å². The van der Waals surface area contributed by atoms with Crippen molar-refractivity contribution in [2.75, 3.05) is 4.72 Å². The lowest BCUT2D eigenvalue weighted by Crippen LogP contribution is -2.12. The Kier molecular flexibility index (Phi) is 5.05. The maximum atomic E-state index is 12.4. The van der Waals surface area contributed by atoms with Crippen molar-refractivity contribution in [1.82, 2.24) is 0 Å². The fourth-order valence-electron chi connectivity index (χ4n) is 1.39. The van der Waals surface area contributed by atoms with Gasteiger partial charge in [-0.3, -0.25) is 4.72 Å². The van der Waals surface area contributed by atoms with Gasteiger partial charge in [-0.05, 0) is 40.2 Å². The van der Waals surface area contributed by atoms with Gasteiger partial charge in [-0.15, -0.1) is 11.3 Å². The lowest BCUT2D eigenvalue weighted by molar-refractivity contribution is 0.252. The van der Waals surface area contributed by atoms with E-state index in [4.69, 9.17) is 0 Å². The molecule has 0 aliphatic heterocycles. The van der Waals surface area contributed by atoms with Crippen LogP contribution in [0.15, 0.2) is 49.3 Å². The molecule has 0 spiro atoms. The Morgan fingerprint density at radius 1 is 1.20 bits per heavy atom. The molecule has 0 aliphatic rings. The monoisotopic (exact) mass is 399 g/mol. The van der Waals surface area contributed by atoms with Crippen molar-refractivity contribution in [1.29, 1.82) is 0 Å². The average molecular weight is 400 g/mol. The molecular formula is C11H8BrF2NO2S3. The standard InChI is InChI=1S/C11H8BrF2NO2S3/c12-9-5-6-10(19-9)20(16,17)15-7-3-1-2-4-8(7)18-11(13)14/h1-6,11,15H. The molecule has 1 aromatic carbocycles. The Labute approximate surface area is 131 Å². The van der Waals surface area contributed by atoms with Crippen molar-refractivity contribution >= 4 is 54.7 Å². The first-order chi connectivity index (χ1) is 9.38. The molecule has 1 aromatic heterocycles. The van der Waals surface area contributed by atoms with Gasteiger partial charge in [-0.25, -0.2) is 8.42 Å². The number of hydrogen-bond donors (Lipinski definition) is 1. The minimum atomic E-state index is -3.77. The highest BCUT2D eigenvalue weighted by atomic mass is 79.9. The summed E-state index contributed by atoms with van der Waals surface area (Å²) in [4.78, 5) is 0.182. The van der Waals surface area contributed by atoms with Gasteiger partial charge in [0.25, 0.3) is 15.8 Å². The molecule has 108 valence electrons. The number of rotatable bonds is 5. The lowest BCUT2D eigenvalue weighted by atomic mass is 10.3. The van der Waals surface area contributed by atoms with Crippen molar-refractivity contribution in [3.8, 4) is 0 Å². The van der Waals surface area contributed by atoms with E-state index in [1.165, 1.54) is 18.2 Å². The van der Waals surface area contributed by atoms with Crippen molar-refractivity contribution in [2.24, 2.45) is 0 Å². The second-order valence-electron chi connectivity index (χ2n) is 3.54. The van der Waals surface area contributed by atoms with E-state index >= 15 is 0 Å². The molecule has 2 aromatic rings. The molecule has 0 atom stereocenters. The van der Waals surface area contributed by atoms with Crippen LogP contribution in [0.3, 0.4) is 0 Å². The van der Waals surface area contributed by atoms with Crippen LogP contribution in [0.25, 0.3) is 0 Å². The van der Waals surface area contributed by atoms with Gasteiger partial charge in [-0.1, -0.05) is 23.9 Å². The minimum Gasteiger partial charge on any atom is -0.278 e. The third-order valence-electron chi connectivity index (χ3n) is 2.16. The summed E-state index contributed by atoms with van der Waals surface area (Å²) >= 11 is 4.53. The third-order valence-corrected chi connectivity index (χ3v) is 6.43. The number of hydrogen-bond acceptors (Lipinski definition) is 4. The Balaban J connectivity index is 2.30. The van der Waals surface area contributed by atoms with Gasteiger partial charge >= 0.3 is 0 Å². The van der Waals surface area contributed by atoms with Gasteiger partial charge in [0.1, 0.15) is 4.21 Å². The molecule has 0 saturated carbocycles. The molecule has 9 heteroatoms. The van der Waals surface area contributed by atoms with E-state index in [9.17, 15) is 17.2 Å². The van der Waals surface area contributed by atoms with E-state index in [2.05, 4.69) is 20.7 Å². The van der Waals surface area contributed by atoms with Crippen molar-refractivity contribution in [2.45, 2.75) is 14.9 Å². The summed E-state index contributed by atoms with van der Waals surface area (Å²) in [7, 11) is -3.77. The van der Waals surface area contributed by atoms with Crippen LogP contribution < -0.4 is 4.72 Å². The number of anilines is 1. The summed E-state index contributed by atoms with van der Waals surface area (Å²) in [5.74, 6) is -2.61. The van der Waals surface area contributed by atoms with E-state index in [1.807, 2.05) is 0 Å². The average Bonchev–Trinajstić information content (AvgIpc) is 2.78. The molecular weight excluding hydrogens is 392 g/mol. The van der Waals surface area contributed by atoms with Gasteiger partial charge in [0, 0.05) is 4.90 Å². The lowest BCUT2D eigenvalue weighted by Gasteiger charge is -2.10. The number of para-hydroxylation sites is 1. The topological polar surface area (TPSA) is 46.2 Å². The first-order valence-electron chi connectivity index (χ1n) is 5.20. The van der Waals surface area contributed by atoms with Crippen LogP contribution >= 0.6 is 39.0 Å². The Hall–Kier alpha value is -0.640. The van der Waals surface area contributed by atoms with Gasteiger partial charge < -0.3 is 0 Å². The Morgan fingerprint density at radius 2 is 1.90 bits per heavy atom. The number of sulfonamides is 1. The van der Waals surface area contributed by atoms with Gasteiger partial charge in [-0.2, -0.15) is 8.78 Å². The first kappa shape index (κ1) is 15.7. The van der Waals surface area contributed by atoms with E-state index in [-0.39, 0.29) is 14.8 Å². The summed E-state index contributed by atoms with van der Waals surface area (Å²) in [5, 5.41) is 0. The van der Waals surface area contributed by atoms with E-state index in [1.54, 1.807) is 18.2 Å². The second kappa shape index (κ2) is 6.42. The predicted molar refractivity (Wildman–Crippen MR) is 81.1 cm³/mol. The van der Waals surface area contributed by atoms with Crippen LogP contribution in [0.2, 0.25) is 0 Å². The normalized spacial score (nSPS) is 11.8. The summed E-state index contributed by atoms with van der Waals surface area (Å²) in [6, 6.07) is 9.10. The highest BCUT2D eigenvalue weighted by Crippen LogP contribution is 2.34. The highest BCUT2D eigenvalue weighted by molar-refractivity contribution is 9.11. The third kappa shape index (κ3) is 3.94. The second-order valence-corrected chi connectivity index (χ2v) is 8.94. The summed E-state index contributed by atoms with van der Waals surface area (Å²) in [6.45, 7) is 0. The number of alkyl halides is 2. The van der Waals surface area contributed by atoms with Crippen LogP contribution in [-0.4, -0.2) is 14.2 Å². The van der Waals surface area contributed by atoms with Gasteiger partial charge in [0.05, 0.1) is 9.47 Å². The number of halogens is 3. The first-order valence-corrected chi connectivity index (χ1v) is 9.18. The fourth-order valence-corrected chi connectivity index (χ4v) is 5.14. The predicted octanol–water partition coefficient (Wildman–Crippen LogP) is 4.63. The quantitative estimate of drug-likeness (QED) is 0.745. The molecule has 0 fully saturated rings. The van der Waals surface area contributed by atoms with E-state index < -0.39 is 15.8 Å². The van der Waals surface area contributed by atoms with E-state index in [0.717, 1.165) is 11.3 Å². The summed E-state index contributed by atoms with van der Waals surface area (Å²) in [5.41, 5.74) is 0.141. The van der Waals surface area contributed by atoms with E-state index in [0.29, 0.717) is 15.5 Å². The van der Waals surface area contributed by atoms with Crippen molar-refractivity contribution in [3.05, 3.63) is 40.2 Å². The summed E-state index contributed by atoms with van der Waals surface area (Å²) in [6.07, 6.45) is 0. The molecule has 0 saturated heterocycles. The molecule has 2 rings (SSSR count). The molecule has 3 nitrogen and oxygen atoms in total. The highest BCUT2D eigenvalue weighted by Gasteiger charge is 2.19. The maximum Gasteiger partial charge on any atom is 0.288 e. The summed E-state index contributed by atoms with van der Waals surface area (Å²) < 4.78 is 52.3. The van der Waals surface area contributed by atoms with Crippen LogP contribution in [-0.2, 0) is 10.0 Å². The number of nitrogens with one attached hydrogen (secondary N) is 1. The Morgan fingerprint density at radius 3 is 2.50 bits per heavy atom. The largest absolute Gasteiger partial charge is 0.288 e. The van der Waals surface area contributed by atoms with Crippen LogP contribution in [0.1, 0.15) is 0 Å². The molecule has 0 amide bonds. The molecule has 0 bridgehead atoms. The molecule has 0 radical (unpaired) electrons. The zero-order valence-electron chi connectivity index (χ0n) is 9.72. The minimum absolute atomic E-state index is 0.112. The maximum absolute atomic E-state index is 12.4. The van der Waals surface area contributed by atoms with Gasteiger partial charge in [0.2, 0.25) is 0 Å².